The van der Waals surface area contributed by atoms with Crippen LogP contribution in [0.4, 0.5) is 13.2 Å². The van der Waals surface area contributed by atoms with E-state index in [4.69, 9.17) is 21.1 Å². The zero-order valence-electron chi connectivity index (χ0n) is 11.5. The molecule has 0 bridgehead atoms. The van der Waals surface area contributed by atoms with Gasteiger partial charge in [0.05, 0.1) is 14.2 Å². The van der Waals surface area contributed by atoms with Gasteiger partial charge < -0.3 is 9.47 Å². The number of ether oxygens (including phenoxy) is 2. The lowest BCUT2D eigenvalue weighted by atomic mass is 9.94. The van der Waals surface area contributed by atoms with Crippen molar-refractivity contribution >= 4 is 29.4 Å². The lowest BCUT2D eigenvalue weighted by Gasteiger charge is -2.27. The number of halogens is 4. The molecule has 0 radical (unpaired) electrons. The minimum absolute atomic E-state index is 0.0738. The van der Waals surface area contributed by atoms with Crippen LogP contribution in [0, 0.1) is 0 Å². The normalized spacial score (nSPS) is 17.5. The Balaban J connectivity index is 2.76. The number of hydrogen-bond acceptors (Lipinski definition) is 3. The summed E-state index contributed by atoms with van der Waals surface area (Å²) in [4.78, 5) is 0. The summed E-state index contributed by atoms with van der Waals surface area (Å²) in [5.74, 6) is 0.0836. The summed E-state index contributed by atoms with van der Waals surface area (Å²) in [7, 11) is 2.53. The Bertz CT molecular complexity index is 558. The van der Waals surface area contributed by atoms with E-state index in [0.717, 1.165) is 0 Å². The fourth-order valence-electron chi connectivity index (χ4n) is 2.38. The van der Waals surface area contributed by atoms with Crippen LogP contribution in [0.25, 0.3) is 6.08 Å². The summed E-state index contributed by atoms with van der Waals surface area (Å²) in [5, 5.41) is 1.44. The second-order valence-corrected chi connectivity index (χ2v) is 5.88. The van der Waals surface area contributed by atoms with Crippen LogP contribution in [0.5, 0.6) is 11.5 Å². The highest BCUT2D eigenvalue weighted by molar-refractivity contribution is 8.02. The van der Waals surface area contributed by atoms with Crippen LogP contribution in [0.15, 0.2) is 11.5 Å². The molecule has 0 aliphatic carbocycles. The summed E-state index contributed by atoms with van der Waals surface area (Å²) in [6, 6.07) is 1.57. The van der Waals surface area contributed by atoms with Crippen molar-refractivity contribution in [2.75, 3.05) is 20.1 Å². The molecule has 1 aromatic rings. The molecule has 1 heterocycles. The fourth-order valence-corrected chi connectivity index (χ4v) is 3.79. The van der Waals surface area contributed by atoms with Crippen molar-refractivity contribution in [1.29, 1.82) is 0 Å². The van der Waals surface area contributed by atoms with Crippen molar-refractivity contribution in [2.45, 2.75) is 17.8 Å². The van der Waals surface area contributed by atoms with Gasteiger partial charge in [-0.1, -0.05) is 0 Å². The van der Waals surface area contributed by atoms with Crippen molar-refractivity contribution in [2.24, 2.45) is 0 Å². The third kappa shape index (κ3) is 3.11. The van der Waals surface area contributed by atoms with E-state index in [9.17, 15) is 13.2 Å². The predicted molar refractivity (Wildman–Crippen MR) is 79.3 cm³/mol. The topological polar surface area (TPSA) is 18.5 Å². The second kappa shape index (κ2) is 6.40. The van der Waals surface area contributed by atoms with Gasteiger partial charge in [-0.15, -0.1) is 23.4 Å². The first-order valence-electron chi connectivity index (χ1n) is 6.18. The smallest absolute Gasteiger partial charge is 0.420 e. The molecule has 0 fully saturated rings. The summed E-state index contributed by atoms with van der Waals surface area (Å²) >= 11 is 7.06. The number of benzene rings is 1. The maximum atomic E-state index is 13.6. The summed E-state index contributed by atoms with van der Waals surface area (Å²) in [5.41, 5.74) is -0.0616. The van der Waals surface area contributed by atoms with Crippen LogP contribution in [-0.2, 0) is 6.18 Å². The van der Waals surface area contributed by atoms with E-state index in [0.29, 0.717) is 12.0 Å². The SMILES string of the molecule is COc1cc2c(c(C(F)(F)F)c1OC)C(CCCl)SC=C2. The van der Waals surface area contributed by atoms with Crippen LogP contribution >= 0.6 is 23.4 Å². The molecule has 0 saturated heterocycles. The Kier molecular flexibility index (Phi) is 4.99. The molecule has 0 spiro atoms. The van der Waals surface area contributed by atoms with Crippen molar-refractivity contribution in [1.82, 2.24) is 0 Å². The minimum Gasteiger partial charge on any atom is -0.493 e. The first-order valence-corrected chi connectivity index (χ1v) is 7.65. The lowest BCUT2D eigenvalue weighted by Crippen LogP contribution is -2.16. The Labute approximate surface area is 130 Å². The maximum Gasteiger partial charge on any atom is 0.420 e. The molecule has 0 N–H and O–H groups in total. The molecule has 0 saturated carbocycles. The second-order valence-electron chi connectivity index (χ2n) is 4.39. The zero-order valence-corrected chi connectivity index (χ0v) is 13.0. The molecule has 0 amide bonds. The predicted octanol–water partition coefficient (Wildman–Crippen LogP) is 5.11. The Morgan fingerprint density at radius 3 is 2.52 bits per heavy atom. The van der Waals surface area contributed by atoms with Crippen molar-refractivity contribution < 1.29 is 22.6 Å². The molecule has 0 aromatic heterocycles. The molecule has 21 heavy (non-hydrogen) atoms. The Hall–Kier alpha value is -1.01. The quantitative estimate of drug-likeness (QED) is 0.711. The average Bonchev–Trinajstić information content (AvgIpc) is 2.44. The van der Waals surface area contributed by atoms with E-state index in [-0.39, 0.29) is 28.2 Å². The van der Waals surface area contributed by atoms with Crippen molar-refractivity contribution in [3.8, 4) is 11.5 Å². The van der Waals surface area contributed by atoms with Gasteiger partial charge in [-0.2, -0.15) is 13.2 Å². The van der Waals surface area contributed by atoms with Gasteiger partial charge in [0.1, 0.15) is 5.56 Å². The molecule has 1 unspecified atom stereocenters. The van der Waals surface area contributed by atoms with E-state index < -0.39 is 11.7 Å². The molecular formula is C14H14ClF3O2S. The largest absolute Gasteiger partial charge is 0.493 e. The van der Waals surface area contributed by atoms with E-state index >= 15 is 0 Å². The van der Waals surface area contributed by atoms with Crippen LogP contribution in [0.1, 0.15) is 28.4 Å². The van der Waals surface area contributed by atoms with Gasteiger partial charge in [-0.05, 0) is 35.1 Å². The third-order valence-electron chi connectivity index (χ3n) is 3.21. The van der Waals surface area contributed by atoms with E-state index in [1.54, 1.807) is 17.6 Å². The number of methoxy groups -OCH3 is 2. The molecular weight excluding hydrogens is 325 g/mol. The molecule has 2 nitrogen and oxygen atoms in total. The number of alkyl halides is 4. The van der Waals surface area contributed by atoms with Gasteiger partial charge >= 0.3 is 6.18 Å². The molecule has 1 aromatic carbocycles. The molecule has 7 heteroatoms. The van der Waals surface area contributed by atoms with Gasteiger partial charge in [-0.3, -0.25) is 0 Å². The van der Waals surface area contributed by atoms with Crippen LogP contribution < -0.4 is 9.47 Å². The molecule has 2 rings (SSSR count). The Morgan fingerprint density at radius 1 is 1.29 bits per heavy atom. The van der Waals surface area contributed by atoms with Gasteiger partial charge in [0.2, 0.25) is 0 Å². The summed E-state index contributed by atoms with van der Waals surface area (Å²) < 4.78 is 50.7. The maximum absolute atomic E-state index is 13.6. The van der Waals surface area contributed by atoms with E-state index in [2.05, 4.69) is 0 Å². The first kappa shape index (κ1) is 16.4. The van der Waals surface area contributed by atoms with Crippen LogP contribution in [-0.4, -0.2) is 20.1 Å². The number of fused-ring (bicyclic) bond motifs is 1. The highest BCUT2D eigenvalue weighted by atomic mass is 35.5. The monoisotopic (exact) mass is 338 g/mol. The third-order valence-corrected chi connectivity index (χ3v) is 4.52. The lowest BCUT2D eigenvalue weighted by molar-refractivity contribution is -0.139. The molecule has 1 atom stereocenters. The van der Waals surface area contributed by atoms with Crippen molar-refractivity contribution in [3.05, 3.63) is 28.2 Å². The summed E-state index contributed by atoms with van der Waals surface area (Å²) in [6.45, 7) is 0. The van der Waals surface area contributed by atoms with Gasteiger partial charge in [0, 0.05) is 11.1 Å². The van der Waals surface area contributed by atoms with E-state index in [1.165, 1.54) is 26.0 Å². The first-order chi connectivity index (χ1) is 9.93. The van der Waals surface area contributed by atoms with Crippen LogP contribution in [0.3, 0.4) is 0 Å². The summed E-state index contributed by atoms with van der Waals surface area (Å²) in [6.07, 6.45) is -2.43. The number of rotatable bonds is 4. The zero-order chi connectivity index (χ0) is 15.6. The van der Waals surface area contributed by atoms with Gasteiger partial charge in [-0.25, -0.2) is 0 Å². The number of thioether (sulfide) groups is 1. The number of hydrogen-bond donors (Lipinski definition) is 0. The minimum atomic E-state index is -4.53. The standard InChI is InChI=1S/C14H14ClF3O2S/c1-19-9-7-8-4-6-21-10(3-5-15)11(8)12(13(9)20-2)14(16,17)18/h4,6-7,10H,3,5H2,1-2H3. The van der Waals surface area contributed by atoms with Crippen molar-refractivity contribution in [3.63, 3.8) is 0 Å². The van der Waals surface area contributed by atoms with Gasteiger partial charge in [0.15, 0.2) is 11.5 Å². The average molecular weight is 339 g/mol. The van der Waals surface area contributed by atoms with E-state index in [1.807, 2.05) is 0 Å². The molecule has 116 valence electrons. The highest BCUT2D eigenvalue weighted by Crippen LogP contribution is 2.52. The van der Waals surface area contributed by atoms with Crippen LogP contribution in [0.2, 0.25) is 0 Å². The Morgan fingerprint density at radius 2 is 2.00 bits per heavy atom. The van der Waals surface area contributed by atoms with Gasteiger partial charge in [0.25, 0.3) is 0 Å². The fraction of sp³-hybridized carbons (Fsp3) is 0.429. The molecule has 1 aliphatic heterocycles. The highest BCUT2D eigenvalue weighted by Gasteiger charge is 2.42. The molecule has 1 aliphatic rings.